The van der Waals surface area contributed by atoms with E-state index < -0.39 is 11.9 Å². The Balaban J connectivity index is 1.31. The lowest BCUT2D eigenvalue weighted by atomic mass is 9.83. The minimum atomic E-state index is -0.889. The number of ketones is 1. The number of carbonyl (C=O) groups excluding carboxylic acids is 2. The van der Waals surface area contributed by atoms with Gasteiger partial charge in [0.1, 0.15) is 5.82 Å². The SMILES string of the molecule is CCCCc1ccc(NC(=O)Nc2ncc(-c3ccc(C(=O)CC(CCC4CCCCC4)C(=O)O)cc3)cc2C)cc1. The van der Waals surface area contributed by atoms with Gasteiger partial charge >= 0.3 is 12.0 Å². The fourth-order valence-corrected chi connectivity index (χ4v) is 5.68. The van der Waals surface area contributed by atoms with Crippen LogP contribution >= 0.6 is 0 Å². The Hall–Kier alpha value is -4.00. The lowest BCUT2D eigenvalue weighted by molar-refractivity contribution is -0.142. The van der Waals surface area contributed by atoms with E-state index in [-0.39, 0.29) is 18.2 Å². The summed E-state index contributed by atoms with van der Waals surface area (Å²) < 4.78 is 0. The number of hydrogen-bond donors (Lipinski definition) is 3. The van der Waals surface area contributed by atoms with E-state index >= 15 is 0 Å². The van der Waals surface area contributed by atoms with Crippen LogP contribution in [0.5, 0.6) is 0 Å². The predicted octanol–water partition coefficient (Wildman–Crippen LogP) is 8.68. The first kappa shape index (κ1) is 30.9. The average Bonchev–Trinajstić information content (AvgIpc) is 3.00. The Kier molecular flexibility index (Phi) is 11.3. The topological polar surface area (TPSA) is 108 Å². The summed E-state index contributed by atoms with van der Waals surface area (Å²) in [5.74, 6) is -0.618. The quantitative estimate of drug-likeness (QED) is 0.178. The van der Waals surface area contributed by atoms with Crippen LogP contribution in [0.15, 0.2) is 60.8 Å². The van der Waals surface area contributed by atoms with Crippen molar-refractivity contribution in [3.05, 3.63) is 77.5 Å². The van der Waals surface area contributed by atoms with Crippen molar-refractivity contribution >= 4 is 29.3 Å². The number of hydrogen-bond acceptors (Lipinski definition) is 4. The predicted molar refractivity (Wildman–Crippen MR) is 168 cm³/mol. The Morgan fingerprint density at radius 2 is 1.67 bits per heavy atom. The number of urea groups is 1. The molecule has 1 unspecified atom stereocenters. The molecular formula is C35H43N3O4. The zero-order valence-electron chi connectivity index (χ0n) is 24.8. The molecule has 1 fully saturated rings. The number of carboxylic acid groups (broad SMARTS) is 1. The van der Waals surface area contributed by atoms with Crippen LogP contribution in [0.4, 0.5) is 16.3 Å². The third kappa shape index (κ3) is 9.00. The summed E-state index contributed by atoms with van der Waals surface area (Å²) in [5.41, 5.74) is 5.03. The van der Waals surface area contributed by atoms with E-state index in [0.29, 0.717) is 23.7 Å². The van der Waals surface area contributed by atoms with E-state index in [1.165, 1.54) is 37.7 Å². The minimum absolute atomic E-state index is 0.0213. The van der Waals surface area contributed by atoms with Gasteiger partial charge in [-0.2, -0.15) is 0 Å². The molecule has 2 aromatic carbocycles. The molecule has 3 aromatic rings. The van der Waals surface area contributed by atoms with E-state index in [4.69, 9.17) is 0 Å². The zero-order chi connectivity index (χ0) is 29.9. The van der Waals surface area contributed by atoms with Gasteiger partial charge in [-0.05, 0) is 73.4 Å². The molecule has 0 bridgehead atoms. The maximum absolute atomic E-state index is 12.9. The maximum atomic E-state index is 12.9. The van der Waals surface area contributed by atoms with Crippen molar-refractivity contribution < 1.29 is 19.5 Å². The van der Waals surface area contributed by atoms with Crippen LogP contribution in [0, 0.1) is 18.8 Å². The molecule has 0 aliphatic heterocycles. The molecule has 0 spiro atoms. The van der Waals surface area contributed by atoms with Gasteiger partial charge in [-0.3, -0.25) is 14.9 Å². The number of unbranched alkanes of at least 4 members (excludes halogenated alkanes) is 1. The van der Waals surface area contributed by atoms with Crippen molar-refractivity contribution in [3.8, 4) is 11.1 Å². The van der Waals surface area contributed by atoms with Gasteiger partial charge < -0.3 is 10.4 Å². The highest BCUT2D eigenvalue weighted by Gasteiger charge is 2.24. The van der Waals surface area contributed by atoms with Gasteiger partial charge in [-0.25, -0.2) is 9.78 Å². The molecule has 2 amide bonds. The molecule has 3 N–H and O–H groups in total. The number of carboxylic acids is 1. The summed E-state index contributed by atoms with van der Waals surface area (Å²) in [6, 6.07) is 16.7. The van der Waals surface area contributed by atoms with E-state index in [0.717, 1.165) is 48.1 Å². The van der Waals surface area contributed by atoms with Crippen molar-refractivity contribution in [2.75, 3.05) is 10.6 Å². The highest BCUT2D eigenvalue weighted by Crippen LogP contribution is 2.30. The van der Waals surface area contributed by atoms with Crippen LogP contribution < -0.4 is 10.6 Å². The Bertz CT molecular complexity index is 1350. The van der Waals surface area contributed by atoms with Gasteiger partial charge in [0.25, 0.3) is 0 Å². The number of aryl methyl sites for hydroxylation is 2. The average molecular weight is 570 g/mol. The normalized spacial score (nSPS) is 14.2. The number of benzene rings is 2. The van der Waals surface area contributed by atoms with Gasteiger partial charge in [0.05, 0.1) is 5.92 Å². The molecule has 222 valence electrons. The number of nitrogens with zero attached hydrogens (tertiary/aromatic N) is 1. The van der Waals surface area contributed by atoms with E-state index in [2.05, 4.69) is 22.5 Å². The van der Waals surface area contributed by atoms with Crippen molar-refractivity contribution in [2.45, 2.75) is 84.5 Å². The molecule has 1 aliphatic rings. The number of aromatic nitrogens is 1. The zero-order valence-corrected chi connectivity index (χ0v) is 24.8. The van der Waals surface area contributed by atoms with Gasteiger partial charge in [0.15, 0.2) is 5.78 Å². The molecule has 1 aromatic heterocycles. The van der Waals surface area contributed by atoms with Crippen LogP contribution in [0.1, 0.15) is 92.6 Å². The van der Waals surface area contributed by atoms with E-state index in [1.807, 2.05) is 49.4 Å². The first-order valence-corrected chi connectivity index (χ1v) is 15.3. The maximum Gasteiger partial charge on any atom is 0.324 e. The van der Waals surface area contributed by atoms with Gasteiger partial charge in [-0.15, -0.1) is 0 Å². The van der Waals surface area contributed by atoms with Gasteiger partial charge in [-0.1, -0.05) is 81.8 Å². The smallest absolute Gasteiger partial charge is 0.324 e. The number of aliphatic carboxylic acids is 1. The van der Waals surface area contributed by atoms with Crippen LogP contribution in [0.25, 0.3) is 11.1 Å². The molecular weight excluding hydrogens is 526 g/mol. The Morgan fingerprint density at radius 1 is 0.952 bits per heavy atom. The molecule has 0 radical (unpaired) electrons. The lowest BCUT2D eigenvalue weighted by Gasteiger charge is -2.22. The summed E-state index contributed by atoms with van der Waals surface area (Å²) in [6.07, 6.45) is 12.5. The highest BCUT2D eigenvalue weighted by molar-refractivity contribution is 6.00. The molecule has 7 nitrogen and oxygen atoms in total. The first-order chi connectivity index (χ1) is 20.3. The highest BCUT2D eigenvalue weighted by atomic mass is 16.4. The summed E-state index contributed by atoms with van der Waals surface area (Å²) in [7, 11) is 0. The fourth-order valence-electron chi connectivity index (χ4n) is 5.68. The molecule has 1 aliphatic carbocycles. The third-order valence-corrected chi connectivity index (χ3v) is 8.31. The number of nitrogens with one attached hydrogen (secondary N) is 2. The largest absolute Gasteiger partial charge is 0.481 e. The van der Waals surface area contributed by atoms with Crippen LogP contribution in [0.3, 0.4) is 0 Å². The number of anilines is 2. The van der Waals surface area contributed by atoms with Crippen molar-refractivity contribution in [2.24, 2.45) is 11.8 Å². The molecule has 42 heavy (non-hydrogen) atoms. The summed E-state index contributed by atoms with van der Waals surface area (Å²) >= 11 is 0. The summed E-state index contributed by atoms with van der Waals surface area (Å²) in [6.45, 7) is 4.05. The van der Waals surface area contributed by atoms with E-state index in [1.54, 1.807) is 18.3 Å². The number of rotatable bonds is 13. The van der Waals surface area contributed by atoms with Gasteiger partial charge in [0, 0.05) is 29.4 Å². The second kappa shape index (κ2) is 15.3. The third-order valence-electron chi connectivity index (χ3n) is 8.31. The molecule has 7 heteroatoms. The molecule has 1 heterocycles. The second-order valence-electron chi connectivity index (χ2n) is 11.6. The Morgan fingerprint density at radius 3 is 2.31 bits per heavy atom. The fraction of sp³-hybridized carbons (Fsp3) is 0.429. The van der Waals surface area contributed by atoms with Crippen molar-refractivity contribution in [1.82, 2.24) is 4.98 Å². The standard InChI is InChI=1S/C35H43N3O4/c1-3-4-8-26-12-19-31(20-13-26)37-35(42)38-33-24(2)21-30(23-36-33)27-15-17-28(18-16-27)32(39)22-29(34(40)41)14-11-25-9-6-5-7-10-25/h12-13,15-21,23,25,29H,3-11,14,22H2,1-2H3,(H,40,41)(H2,36,37,38,42). The Labute approximate surface area is 249 Å². The van der Waals surface area contributed by atoms with Crippen LogP contribution in [-0.2, 0) is 11.2 Å². The number of carbonyl (C=O) groups is 3. The number of Topliss-reactive ketones (excluding diaryl/α,β-unsaturated/α-hetero) is 1. The molecule has 4 rings (SSSR count). The lowest BCUT2D eigenvalue weighted by Crippen LogP contribution is -2.20. The summed E-state index contributed by atoms with van der Waals surface area (Å²) in [5, 5.41) is 15.4. The van der Waals surface area contributed by atoms with Crippen LogP contribution in [-0.4, -0.2) is 27.9 Å². The van der Waals surface area contributed by atoms with E-state index in [9.17, 15) is 19.5 Å². The molecule has 0 saturated heterocycles. The number of amides is 2. The van der Waals surface area contributed by atoms with Gasteiger partial charge in [0.2, 0.25) is 0 Å². The molecule has 1 saturated carbocycles. The second-order valence-corrected chi connectivity index (χ2v) is 11.6. The summed E-state index contributed by atoms with van der Waals surface area (Å²) in [4.78, 5) is 41.8. The first-order valence-electron chi connectivity index (χ1n) is 15.3. The number of pyridine rings is 1. The molecule has 1 atom stereocenters. The minimum Gasteiger partial charge on any atom is -0.481 e. The van der Waals surface area contributed by atoms with Crippen molar-refractivity contribution in [3.63, 3.8) is 0 Å². The van der Waals surface area contributed by atoms with Crippen molar-refractivity contribution in [1.29, 1.82) is 0 Å². The van der Waals surface area contributed by atoms with Crippen LogP contribution in [0.2, 0.25) is 0 Å². The monoisotopic (exact) mass is 569 g/mol.